The second-order valence-corrected chi connectivity index (χ2v) is 4.98. The number of aromatic nitrogens is 2. The standard InChI is InChI=1S/C10H12N2OS/c1-6(2)14-10-11-8-4-3-7(13)5-9(8)12-10/h3-6,13H,1-2H3,(H,11,12). The normalized spacial score (nSPS) is 11.4. The summed E-state index contributed by atoms with van der Waals surface area (Å²) in [5.74, 6) is 0.266. The second kappa shape index (κ2) is 3.53. The van der Waals surface area contributed by atoms with Crippen LogP contribution in [0, 0.1) is 0 Å². The lowest BCUT2D eigenvalue weighted by Crippen LogP contribution is -1.86. The van der Waals surface area contributed by atoms with Crippen molar-refractivity contribution in [2.45, 2.75) is 24.3 Å². The third kappa shape index (κ3) is 1.85. The number of phenolic OH excluding ortho intramolecular Hbond substituents is 1. The smallest absolute Gasteiger partial charge is 0.166 e. The van der Waals surface area contributed by atoms with Gasteiger partial charge in [0.15, 0.2) is 5.16 Å². The highest BCUT2D eigenvalue weighted by Gasteiger charge is 2.05. The van der Waals surface area contributed by atoms with Crippen molar-refractivity contribution in [1.29, 1.82) is 0 Å². The van der Waals surface area contributed by atoms with E-state index in [1.54, 1.807) is 23.9 Å². The molecule has 0 unspecified atom stereocenters. The van der Waals surface area contributed by atoms with Crippen LogP contribution >= 0.6 is 11.8 Å². The van der Waals surface area contributed by atoms with Gasteiger partial charge >= 0.3 is 0 Å². The van der Waals surface area contributed by atoms with Gasteiger partial charge in [-0.25, -0.2) is 4.98 Å². The maximum absolute atomic E-state index is 9.27. The molecule has 0 bridgehead atoms. The van der Waals surface area contributed by atoms with Crippen molar-refractivity contribution in [3.8, 4) is 5.75 Å². The van der Waals surface area contributed by atoms with Crippen LogP contribution in [0.25, 0.3) is 11.0 Å². The quantitative estimate of drug-likeness (QED) is 0.746. The molecule has 2 rings (SSSR count). The predicted molar refractivity (Wildman–Crippen MR) is 58.8 cm³/mol. The zero-order chi connectivity index (χ0) is 10.1. The van der Waals surface area contributed by atoms with E-state index in [1.807, 2.05) is 6.07 Å². The molecule has 0 saturated heterocycles. The number of thioether (sulfide) groups is 1. The van der Waals surface area contributed by atoms with Crippen molar-refractivity contribution in [2.75, 3.05) is 0 Å². The fraction of sp³-hybridized carbons (Fsp3) is 0.300. The Kier molecular flexibility index (Phi) is 2.37. The minimum Gasteiger partial charge on any atom is -0.508 e. The summed E-state index contributed by atoms with van der Waals surface area (Å²) in [6, 6.07) is 5.14. The maximum Gasteiger partial charge on any atom is 0.166 e. The molecule has 1 heterocycles. The third-order valence-electron chi connectivity index (χ3n) is 1.79. The molecule has 0 aliphatic heterocycles. The summed E-state index contributed by atoms with van der Waals surface area (Å²) >= 11 is 1.68. The molecular weight excluding hydrogens is 196 g/mol. The van der Waals surface area contributed by atoms with Crippen LogP contribution in [0.15, 0.2) is 23.4 Å². The van der Waals surface area contributed by atoms with Gasteiger partial charge in [0.2, 0.25) is 0 Å². The Morgan fingerprint density at radius 1 is 1.43 bits per heavy atom. The van der Waals surface area contributed by atoms with E-state index in [1.165, 1.54) is 0 Å². The van der Waals surface area contributed by atoms with E-state index in [4.69, 9.17) is 0 Å². The number of hydrogen-bond acceptors (Lipinski definition) is 3. The molecule has 0 fully saturated rings. The highest BCUT2D eigenvalue weighted by molar-refractivity contribution is 7.99. The summed E-state index contributed by atoms with van der Waals surface area (Å²) in [5, 5.41) is 10.7. The predicted octanol–water partition coefficient (Wildman–Crippen LogP) is 2.77. The molecule has 1 aromatic carbocycles. The summed E-state index contributed by atoms with van der Waals surface area (Å²) in [5.41, 5.74) is 1.78. The van der Waals surface area contributed by atoms with Crippen LogP contribution in [0.5, 0.6) is 5.75 Å². The number of rotatable bonds is 2. The number of hydrogen-bond donors (Lipinski definition) is 2. The van der Waals surface area contributed by atoms with Gasteiger partial charge < -0.3 is 10.1 Å². The first-order chi connectivity index (χ1) is 6.65. The van der Waals surface area contributed by atoms with Gasteiger partial charge in [0.1, 0.15) is 5.75 Å². The zero-order valence-corrected chi connectivity index (χ0v) is 8.93. The number of fused-ring (bicyclic) bond motifs is 1. The Labute approximate surface area is 86.6 Å². The molecule has 2 aromatic rings. The second-order valence-electron chi connectivity index (χ2n) is 3.41. The van der Waals surface area contributed by atoms with Crippen molar-refractivity contribution in [1.82, 2.24) is 9.97 Å². The summed E-state index contributed by atoms with van der Waals surface area (Å²) in [6.07, 6.45) is 0. The fourth-order valence-electron chi connectivity index (χ4n) is 1.25. The van der Waals surface area contributed by atoms with Gasteiger partial charge in [0.05, 0.1) is 11.0 Å². The highest BCUT2D eigenvalue weighted by Crippen LogP contribution is 2.24. The monoisotopic (exact) mass is 208 g/mol. The molecule has 74 valence electrons. The number of H-pyrrole nitrogens is 1. The minimum atomic E-state index is 0.266. The Hall–Kier alpha value is -1.16. The lowest BCUT2D eigenvalue weighted by Gasteiger charge is -1.97. The first-order valence-corrected chi connectivity index (χ1v) is 5.38. The molecule has 0 spiro atoms. The van der Waals surface area contributed by atoms with E-state index in [9.17, 15) is 5.11 Å². The van der Waals surface area contributed by atoms with Crippen molar-refractivity contribution >= 4 is 22.8 Å². The van der Waals surface area contributed by atoms with Crippen LogP contribution < -0.4 is 0 Å². The molecule has 0 aliphatic carbocycles. The van der Waals surface area contributed by atoms with Crippen LogP contribution in [-0.2, 0) is 0 Å². The van der Waals surface area contributed by atoms with Crippen molar-refractivity contribution < 1.29 is 5.11 Å². The van der Waals surface area contributed by atoms with Gasteiger partial charge in [-0.2, -0.15) is 0 Å². The van der Waals surface area contributed by atoms with Gasteiger partial charge in [0.25, 0.3) is 0 Å². The molecule has 0 atom stereocenters. The Bertz CT molecular complexity index is 450. The number of nitrogens with one attached hydrogen (secondary N) is 1. The molecular formula is C10H12N2OS. The molecule has 3 nitrogen and oxygen atoms in total. The molecule has 0 aliphatic rings. The van der Waals surface area contributed by atoms with E-state index >= 15 is 0 Å². The zero-order valence-electron chi connectivity index (χ0n) is 8.11. The summed E-state index contributed by atoms with van der Waals surface area (Å²) < 4.78 is 0. The van der Waals surface area contributed by atoms with E-state index in [-0.39, 0.29) is 5.75 Å². The molecule has 1 aromatic heterocycles. The Morgan fingerprint density at radius 3 is 2.93 bits per heavy atom. The van der Waals surface area contributed by atoms with Gasteiger partial charge in [-0.1, -0.05) is 25.6 Å². The molecule has 14 heavy (non-hydrogen) atoms. The molecule has 4 heteroatoms. The number of phenols is 1. The Balaban J connectivity index is 2.41. The lowest BCUT2D eigenvalue weighted by molar-refractivity contribution is 0.476. The fourth-order valence-corrected chi connectivity index (χ4v) is 2.02. The van der Waals surface area contributed by atoms with Gasteiger partial charge in [-0.15, -0.1) is 0 Å². The molecule has 2 N–H and O–H groups in total. The number of aromatic hydroxyl groups is 1. The van der Waals surface area contributed by atoms with E-state index in [0.717, 1.165) is 16.2 Å². The maximum atomic E-state index is 9.27. The summed E-state index contributed by atoms with van der Waals surface area (Å²) in [6.45, 7) is 4.24. The van der Waals surface area contributed by atoms with Gasteiger partial charge in [-0.05, 0) is 12.1 Å². The van der Waals surface area contributed by atoms with Gasteiger partial charge in [-0.3, -0.25) is 0 Å². The van der Waals surface area contributed by atoms with E-state index in [0.29, 0.717) is 5.25 Å². The van der Waals surface area contributed by atoms with Crippen molar-refractivity contribution in [2.24, 2.45) is 0 Å². The third-order valence-corrected chi connectivity index (χ3v) is 2.68. The van der Waals surface area contributed by atoms with E-state index in [2.05, 4.69) is 23.8 Å². The highest BCUT2D eigenvalue weighted by atomic mass is 32.2. The van der Waals surface area contributed by atoms with E-state index < -0.39 is 0 Å². The average molecular weight is 208 g/mol. The Morgan fingerprint density at radius 2 is 2.21 bits per heavy atom. The lowest BCUT2D eigenvalue weighted by atomic mass is 10.3. The van der Waals surface area contributed by atoms with Crippen molar-refractivity contribution in [3.63, 3.8) is 0 Å². The average Bonchev–Trinajstić information content (AvgIpc) is 2.44. The van der Waals surface area contributed by atoms with Crippen LogP contribution in [0.3, 0.4) is 0 Å². The first-order valence-electron chi connectivity index (χ1n) is 4.50. The minimum absolute atomic E-state index is 0.266. The first kappa shape index (κ1) is 9.40. The number of imidazole rings is 1. The molecule has 0 radical (unpaired) electrons. The number of nitrogens with zero attached hydrogens (tertiary/aromatic N) is 1. The van der Waals surface area contributed by atoms with Gasteiger partial charge in [0, 0.05) is 11.3 Å². The molecule has 0 saturated carbocycles. The SMILES string of the molecule is CC(C)Sc1nc2ccc(O)cc2[nH]1. The summed E-state index contributed by atoms with van der Waals surface area (Å²) in [4.78, 5) is 7.55. The number of aromatic amines is 1. The largest absolute Gasteiger partial charge is 0.508 e. The van der Waals surface area contributed by atoms with Crippen molar-refractivity contribution in [3.05, 3.63) is 18.2 Å². The molecule has 0 amide bonds. The van der Waals surface area contributed by atoms with Crippen LogP contribution in [0.1, 0.15) is 13.8 Å². The number of benzene rings is 1. The van der Waals surface area contributed by atoms with Crippen LogP contribution in [-0.4, -0.2) is 20.3 Å². The van der Waals surface area contributed by atoms with Crippen LogP contribution in [0.4, 0.5) is 0 Å². The summed E-state index contributed by atoms with van der Waals surface area (Å²) in [7, 11) is 0. The topological polar surface area (TPSA) is 48.9 Å². The van der Waals surface area contributed by atoms with Crippen LogP contribution in [0.2, 0.25) is 0 Å².